The van der Waals surface area contributed by atoms with Crippen molar-refractivity contribution < 1.29 is 19.2 Å². The van der Waals surface area contributed by atoms with Gasteiger partial charge in [-0.2, -0.15) is 0 Å². The first kappa shape index (κ1) is 12.5. The van der Waals surface area contributed by atoms with Crippen LogP contribution in [0.3, 0.4) is 0 Å². The number of carbonyl (C=O) groups excluding carboxylic acids is 1. The second kappa shape index (κ2) is 5.56. The zero-order chi connectivity index (χ0) is 13.0. The fourth-order valence-corrected chi connectivity index (χ4v) is 1.92. The lowest BCUT2D eigenvalue weighted by atomic mass is 10.0. The van der Waals surface area contributed by atoms with Gasteiger partial charge in [-0.05, 0) is 6.07 Å². The Morgan fingerprint density at radius 1 is 1.44 bits per heavy atom. The van der Waals surface area contributed by atoms with Crippen LogP contribution in [-0.4, -0.2) is 30.8 Å². The summed E-state index contributed by atoms with van der Waals surface area (Å²) in [5, 5.41) is 13.5. The first-order chi connectivity index (χ1) is 8.74. The van der Waals surface area contributed by atoms with E-state index in [-0.39, 0.29) is 19.1 Å². The molecule has 0 aromatic heterocycles. The molecule has 0 spiro atoms. The molecule has 1 N–H and O–H groups in total. The van der Waals surface area contributed by atoms with Gasteiger partial charge in [0.25, 0.3) is 5.69 Å². The average Bonchev–Trinajstić information content (AvgIpc) is 2.40. The molecule has 1 aliphatic rings. The van der Waals surface area contributed by atoms with Crippen molar-refractivity contribution in [3.63, 3.8) is 0 Å². The van der Waals surface area contributed by atoms with Crippen LogP contribution in [0, 0.1) is 10.1 Å². The van der Waals surface area contributed by atoms with Crippen molar-refractivity contribution in [2.75, 3.05) is 13.4 Å². The van der Waals surface area contributed by atoms with Crippen molar-refractivity contribution >= 4 is 12.1 Å². The number of nitrogens with one attached hydrogen (secondary N) is 1. The number of para-hydroxylation sites is 1. The Balaban J connectivity index is 2.33. The molecule has 1 heterocycles. The Bertz CT molecular complexity index is 451. The monoisotopic (exact) mass is 252 g/mol. The van der Waals surface area contributed by atoms with Crippen molar-refractivity contribution in [2.24, 2.45) is 0 Å². The third-order valence-corrected chi connectivity index (χ3v) is 2.72. The number of benzene rings is 1. The molecule has 0 saturated carbocycles. The molecule has 0 bridgehead atoms. The van der Waals surface area contributed by atoms with Crippen LogP contribution in [0.2, 0.25) is 0 Å². The first-order valence-corrected chi connectivity index (χ1v) is 5.36. The number of rotatable bonds is 4. The number of nitro groups is 1. The lowest BCUT2D eigenvalue weighted by molar-refractivity contribution is -0.386. The molecule has 0 unspecified atom stereocenters. The first-order valence-electron chi connectivity index (χ1n) is 5.36. The van der Waals surface area contributed by atoms with E-state index in [0.717, 1.165) is 0 Å². The summed E-state index contributed by atoms with van der Waals surface area (Å²) in [6.07, 6.45) is -0.0460. The number of carbonyl (C=O) groups is 1. The molecule has 96 valence electrons. The summed E-state index contributed by atoms with van der Waals surface area (Å²) in [7, 11) is 0. The maximum atomic E-state index is 11.0. The van der Waals surface area contributed by atoms with E-state index < -0.39 is 17.1 Å². The summed E-state index contributed by atoms with van der Waals surface area (Å²) < 4.78 is 10.4. The lowest BCUT2D eigenvalue weighted by Gasteiger charge is -2.31. The molecule has 2 rings (SSSR count). The van der Waals surface area contributed by atoms with Crippen molar-refractivity contribution in [3.8, 4) is 0 Å². The SMILES string of the molecule is O=CN[C@@H]1COCO[C@@H]1c1ccccc1[N+](=O)[O-]. The molecule has 1 aromatic rings. The van der Waals surface area contributed by atoms with Gasteiger partial charge in [0.05, 0.1) is 23.1 Å². The summed E-state index contributed by atoms with van der Waals surface area (Å²) in [6, 6.07) is 5.87. The van der Waals surface area contributed by atoms with E-state index in [1.807, 2.05) is 0 Å². The fraction of sp³-hybridized carbons (Fsp3) is 0.364. The highest BCUT2D eigenvalue weighted by atomic mass is 16.7. The standard InChI is InChI=1S/C11H12N2O5/c14-6-12-9-5-17-7-18-11(9)8-3-1-2-4-10(8)13(15)16/h1-4,6,9,11H,5,7H2,(H,12,14)/t9-,11-/m1/s1. The molecule has 18 heavy (non-hydrogen) atoms. The van der Waals surface area contributed by atoms with E-state index in [4.69, 9.17) is 9.47 Å². The van der Waals surface area contributed by atoms with Crippen LogP contribution in [0.4, 0.5) is 5.69 Å². The predicted molar refractivity (Wildman–Crippen MR) is 60.7 cm³/mol. The third-order valence-electron chi connectivity index (χ3n) is 2.72. The molecular formula is C11H12N2O5. The highest BCUT2D eigenvalue weighted by Crippen LogP contribution is 2.31. The molecule has 1 amide bonds. The summed E-state index contributed by atoms with van der Waals surface area (Å²) in [4.78, 5) is 21.0. The van der Waals surface area contributed by atoms with Crippen LogP contribution in [0.15, 0.2) is 24.3 Å². The Morgan fingerprint density at radius 2 is 2.22 bits per heavy atom. The van der Waals surface area contributed by atoms with Gasteiger partial charge in [0.15, 0.2) is 0 Å². The van der Waals surface area contributed by atoms with E-state index in [9.17, 15) is 14.9 Å². The number of nitro benzene ring substituents is 1. The van der Waals surface area contributed by atoms with Crippen LogP contribution in [-0.2, 0) is 14.3 Å². The Kier molecular flexibility index (Phi) is 3.85. The zero-order valence-electron chi connectivity index (χ0n) is 9.44. The zero-order valence-corrected chi connectivity index (χ0v) is 9.44. The van der Waals surface area contributed by atoms with Crippen molar-refractivity contribution in [3.05, 3.63) is 39.9 Å². The van der Waals surface area contributed by atoms with Crippen molar-refractivity contribution in [1.29, 1.82) is 0 Å². The van der Waals surface area contributed by atoms with Gasteiger partial charge in [-0.3, -0.25) is 14.9 Å². The van der Waals surface area contributed by atoms with Crippen molar-refractivity contribution in [2.45, 2.75) is 12.1 Å². The molecule has 1 aromatic carbocycles. The number of hydrogen-bond acceptors (Lipinski definition) is 5. The van der Waals surface area contributed by atoms with E-state index in [0.29, 0.717) is 12.0 Å². The van der Waals surface area contributed by atoms with Gasteiger partial charge in [0.1, 0.15) is 12.9 Å². The van der Waals surface area contributed by atoms with Crippen LogP contribution in [0.25, 0.3) is 0 Å². The average molecular weight is 252 g/mol. The van der Waals surface area contributed by atoms with Crippen LogP contribution in [0.1, 0.15) is 11.7 Å². The van der Waals surface area contributed by atoms with E-state index >= 15 is 0 Å². The lowest BCUT2D eigenvalue weighted by Crippen LogP contribution is -2.43. The molecule has 2 atom stereocenters. The topological polar surface area (TPSA) is 90.7 Å². The van der Waals surface area contributed by atoms with Crippen LogP contribution >= 0.6 is 0 Å². The van der Waals surface area contributed by atoms with E-state index in [1.54, 1.807) is 18.2 Å². The molecule has 7 nitrogen and oxygen atoms in total. The summed E-state index contributed by atoms with van der Waals surface area (Å²) in [5.74, 6) is 0. The maximum absolute atomic E-state index is 11.0. The minimum Gasteiger partial charge on any atom is -0.353 e. The Labute approximate surface area is 103 Å². The highest BCUT2D eigenvalue weighted by molar-refractivity contribution is 5.48. The molecule has 1 fully saturated rings. The number of nitrogens with zero attached hydrogens (tertiary/aromatic N) is 1. The normalized spacial score (nSPS) is 23.3. The maximum Gasteiger partial charge on any atom is 0.275 e. The van der Waals surface area contributed by atoms with Gasteiger partial charge < -0.3 is 14.8 Å². The molecule has 7 heteroatoms. The molecule has 1 aliphatic heterocycles. The molecule has 1 saturated heterocycles. The van der Waals surface area contributed by atoms with Crippen LogP contribution < -0.4 is 5.32 Å². The van der Waals surface area contributed by atoms with Gasteiger partial charge in [-0.15, -0.1) is 0 Å². The van der Waals surface area contributed by atoms with Gasteiger partial charge >= 0.3 is 0 Å². The van der Waals surface area contributed by atoms with Gasteiger partial charge in [-0.1, -0.05) is 12.1 Å². The van der Waals surface area contributed by atoms with Gasteiger partial charge in [-0.25, -0.2) is 0 Å². The van der Waals surface area contributed by atoms with Gasteiger partial charge in [0.2, 0.25) is 6.41 Å². The minimum absolute atomic E-state index is 0.0258. The summed E-state index contributed by atoms with van der Waals surface area (Å²) >= 11 is 0. The minimum atomic E-state index is -0.578. The number of amides is 1. The predicted octanol–water partition coefficient (Wildman–Crippen LogP) is 0.755. The van der Waals surface area contributed by atoms with E-state index in [1.165, 1.54) is 6.07 Å². The summed E-state index contributed by atoms with van der Waals surface area (Å²) in [6.45, 7) is 0.309. The van der Waals surface area contributed by atoms with Gasteiger partial charge in [0, 0.05) is 6.07 Å². The molecule has 0 radical (unpaired) electrons. The molecule has 0 aliphatic carbocycles. The second-order valence-corrected chi connectivity index (χ2v) is 3.78. The largest absolute Gasteiger partial charge is 0.353 e. The number of ether oxygens (including phenoxy) is 2. The second-order valence-electron chi connectivity index (χ2n) is 3.78. The fourth-order valence-electron chi connectivity index (χ4n) is 1.92. The quantitative estimate of drug-likeness (QED) is 0.485. The van der Waals surface area contributed by atoms with Crippen molar-refractivity contribution in [1.82, 2.24) is 5.32 Å². The third kappa shape index (κ3) is 2.47. The Morgan fingerprint density at radius 3 is 2.94 bits per heavy atom. The van der Waals surface area contributed by atoms with Crippen LogP contribution in [0.5, 0.6) is 0 Å². The summed E-state index contributed by atoms with van der Waals surface area (Å²) in [5.41, 5.74) is 0.409. The molecular weight excluding hydrogens is 240 g/mol. The highest BCUT2D eigenvalue weighted by Gasteiger charge is 2.32. The van der Waals surface area contributed by atoms with E-state index in [2.05, 4.69) is 5.32 Å². The number of hydrogen-bond donors (Lipinski definition) is 1. The Hall–Kier alpha value is -1.99. The smallest absolute Gasteiger partial charge is 0.275 e.